The molecular formula is C14H15NO3. The number of para-hydroxylation sites is 1. The zero-order chi connectivity index (χ0) is 13.0. The molecule has 94 valence electrons. The standard InChI is InChI=1S/C14H15NO3/c1-10(2)16-7-8-17-14-11-5-3-4-6-12(11)18-13(14)9-15/h3-6,10H,7-8H2,1-2H3. The summed E-state index contributed by atoms with van der Waals surface area (Å²) in [5.74, 6) is 0.709. The first-order valence-electron chi connectivity index (χ1n) is 5.88. The summed E-state index contributed by atoms with van der Waals surface area (Å²) in [4.78, 5) is 0. The number of hydrogen-bond donors (Lipinski definition) is 0. The van der Waals surface area contributed by atoms with Crippen LogP contribution in [0.5, 0.6) is 5.75 Å². The number of nitrogens with zero attached hydrogens (tertiary/aromatic N) is 1. The van der Waals surface area contributed by atoms with Crippen molar-refractivity contribution < 1.29 is 13.9 Å². The van der Waals surface area contributed by atoms with Crippen molar-refractivity contribution in [3.8, 4) is 11.8 Å². The molecule has 0 unspecified atom stereocenters. The van der Waals surface area contributed by atoms with Crippen LogP contribution in [0.4, 0.5) is 0 Å². The lowest BCUT2D eigenvalue weighted by molar-refractivity contribution is 0.0553. The first kappa shape index (κ1) is 12.5. The molecule has 2 rings (SSSR count). The molecule has 0 bridgehead atoms. The summed E-state index contributed by atoms with van der Waals surface area (Å²) in [5, 5.41) is 9.83. The van der Waals surface area contributed by atoms with Crippen molar-refractivity contribution in [2.75, 3.05) is 13.2 Å². The van der Waals surface area contributed by atoms with Gasteiger partial charge in [0.1, 0.15) is 18.3 Å². The number of rotatable bonds is 5. The quantitative estimate of drug-likeness (QED) is 0.759. The van der Waals surface area contributed by atoms with Gasteiger partial charge in [-0.25, -0.2) is 0 Å². The Labute approximate surface area is 106 Å². The summed E-state index contributed by atoms with van der Waals surface area (Å²) in [7, 11) is 0. The number of hydrogen-bond acceptors (Lipinski definition) is 4. The van der Waals surface area contributed by atoms with E-state index in [1.165, 1.54) is 0 Å². The Hall–Kier alpha value is -1.99. The molecule has 1 heterocycles. The van der Waals surface area contributed by atoms with E-state index in [4.69, 9.17) is 19.2 Å². The van der Waals surface area contributed by atoms with E-state index in [9.17, 15) is 0 Å². The number of fused-ring (bicyclic) bond motifs is 1. The fourth-order valence-electron chi connectivity index (χ4n) is 1.67. The van der Waals surface area contributed by atoms with Crippen LogP contribution in [0.1, 0.15) is 19.6 Å². The van der Waals surface area contributed by atoms with Crippen LogP contribution in [0.15, 0.2) is 28.7 Å². The SMILES string of the molecule is CC(C)OCCOc1c(C#N)oc2ccccc12. The molecule has 1 aromatic heterocycles. The number of benzene rings is 1. The second-order valence-electron chi connectivity index (χ2n) is 4.14. The molecule has 4 heteroatoms. The van der Waals surface area contributed by atoms with Gasteiger partial charge < -0.3 is 13.9 Å². The average Bonchev–Trinajstić information content (AvgIpc) is 2.72. The first-order chi connectivity index (χ1) is 8.72. The van der Waals surface area contributed by atoms with Crippen LogP contribution < -0.4 is 4.74 Å². The second kappa shape index (κ2) is 5.56. The molecule has 0 saturated carbocycles. The smallest absolute Gasteiger partial charge is 0.246 e. The minimum atomic E-state index is 0.171. The van der Waals surface area contributed by atoms with Crippen LogP contribution in [0.3, 0.4) is 0 Å². The van der Waals surface area contributed by atoms with E-state index in [1.54, 1.807) is 0 Å². The molecule has 0 aliphatic carbocycles. The summed E-state index contributed by atoms with van der Waals surface area (Å²) >= 11 is 0. The van der Waals surface area contributed by atoms with E-state index < -0.39 is 0 Å². The van der Waals surface area contributed by atoms with Gasteiger partial charge in [-0.1, -0.05) is 12.1 Å². The molecule has 0 amide bonds. The molecule has 0 aliphatic rings. The third-order valence-electron chi connectivity index (χ3n) is 2.43. The highest BCUT2D eigenvalue weighted by Crippen LogP contribution is 2.32. The van der Waals surface area contributed by atoms with Crippen LogP contribution in [-0.4, -0.2) is 19.3 Å². The van der Waals surface area contributed by atoms with Gasteiger partial charge in [-0.2, -0.15) is 5.26 Å². The third kappa shape index (κ3) is 2.63. The molecule has 18 heavy (non-hydrogen) atoms. The Bertz CT molecular complexity index is 566. The highest BCUT2D eigenvalue weighted by Gasteiger charge is 2.14. The largest absolute Gasteiger partial charge is 0.486 e. The van der Waals surface area contributed by atoms with Crippen LogP contribution >= 0.6 is 0 Å². The van der Waals surface area contributed by atoms with Gasteiger partial charge in [0.05, 0.1) is 18.1 Å². The van der Waals surface area contributed by atoms with Gasteiger partial charge >= 0.3 is 0 Å². The van der Waals surface area contributed by atoms with Gasteiger partial charge in [0.15, 0.2) is 5.75 Å². The van der Waals surface area contributed by atoms with Crippen molar-refractivity contribution in [3.05, 3.63) is 30.0 Å². The van der Waals surface area contributed by atoms with Crippen molar-refractivity contribution in [1.29, 1.82) is 5.26 Å². The topological polar surface area (TPSA) is 55.4 Å². The Morgan fingerprint density at radius 3 is 2.78 bits per heavy atom. The Morgan fingerprint density at radius 2 is 2.06 bits per heavy atom. The molecular weight excluding hydrogens is 230 g/mol. The fraction of sp³-hybridized carbons (Fsp3) is 0.357. The molecule has 0 saturated heterocycles. The maximum absolute atomic E-state index is 9.01. The Balaban J connectivity index is 2.14. The molecule has 0 fully saturated rings. The monoisotopic (exact) mass is 245 g/mol. The van der Waals surface area contributed by atoms with Crippen molar-refractivity contribution in [1.82, 2.24) is 0 Å². The predicted molar refractivity (Wildman–Crippen MR) is 67.5 cm³/mol. The molecule has 1 aromatic carbocycles. The van der Waals surface area contributed by atoms with Crippen LogP contribution in [0.25, 0.3) is 11.0 Å². The van der Waals surface area contributed by atoms with Gasteiger partial charge in [0.25, 0.3) is 0 Å². The molecule has 2 aromatic rings. The Kier molecular flexibility index (Phi) is 3.85. The average molecular weight is 245 g/mol. The van der Waals surface area contributed by atoms with Crippen molar-refractivity contribution in [2.24, 2.45) is 0 Å². The van der Waals surface area contributed by atoms with Gasteiger partial charge in [-0.3, -0.25) is 0 Å². The molecule has 0 atom stereocenters. The van der Waals surface area contributed by atoms with Gasteiger partial charge in [-0.15, -0.1) is 0 Å². The lowest BCUT2D eigenvalue weighted by atomic mass is 10.2. The molecule has 0 N–H and O–H groups in total. The maximum Gasteiger partial charge on any atom is 0.246 e. The lowest BCUT2D eigenvalue weighted by Gasteiger charge is -2.08. The second-order valence-corrected chi connectivity index (χ2v) is 4.14. The summed E-state index contributed by atoms with van der Waals surface area (Å²) in [5.41, 5.74) is 0.661. The summed E-state index contributed by atoms with van der Waals surface area (Å²) in [6.45, 7) is 4.82. The summed E-state index contributed by atoms with van der Waals surface area (Å²) in [6.07, 6.45) is 0.171. The number of furan rings is 1. The van der Waals surface area contributed by atoms with Crippen molar-refractivity contribution >= 4 is 11.0 Å². The Morgan fingerprint density at radius 1 is 1.28 bits per heavy atom. The predicted octanol–water partition coefficient (Wildman–Crippen LogP) is 3.11. The minimum Gasteiger partial charge on any atom is -0.486 e. The van der Waals surface area contributed by atoms with E-state index in [0.717, 1.165) is 5.39 Å². The molecule has 0 aliphatic heterocycles. The zero-order valence-corrected chi connectivity index (χ0v) is 10.5. The highest BCUT2D eigenvalue weighted by atomic mass is 16.5. The summed E-state index contributed by atoms with van der Waals surface area (Å²) < 4.78 is 16.4. The van der Waals surface area contributed by atoms with Crippen LogP contribution in [0, 0.1) is 11.3 Å². The molecule has 0 radical (unpaired) electrons. The number of nitriles is 1. The van der Waals surface area contributed by atoms with Gasteiger partial charge in [0.2, 0.25) is 5.76 Å². The van der Waals surface area contributed by atoms with E-state index in [-0.39, 0.29) is 11.9 Å². The van der Waals surface area contributed by atoms with Crippen LogP contribution in [-0.2, 0) is 4.74 Å². The van der Waals surface area contributed by atoms with Crippen molar-refractivity contribution in [2.45, 2.75) is 20.0 Å². The normalized spacial score (nSPS) is 10.8. The zero-order valence-electron chi connectivity index (χ0n) is 10.5. The third-order valence-corrected chi connectivity index (χ3v) is 2.43. The van der Waals surface area contributed by atoms with Gasteiger partial charge in [0, 0.05) is 0 Å². The maximum atomic E-state index is 9.01. The summed E-state index contributed by atoms with van der Waals surface area (Å²) in [6, 6.07) is 9.43. The molecule has 4 nitrogen and oxygen atoms in total. The lowest BCUT2D eigenvalue weighted by Crippen LogP contribution is -2.11. The first-order valence-corrected chi connectivity index (χ1v) is 5.88. The minimum absolute atomic E-state index is 0.171. The number of ether oxygens (including phenoxy) is 2. The fourth-order valence-corrected chi connectivity index (χ4v) is 1.67. The van der Waals surface area contributed by atoms with Crippen molar-refractivity contribution in [3.63, 3.8) is 0 Å². The van der Waals surface area contributed by atoms with E-state index in [1.807, 2.05) is 44.2 Å². The van der Waals surface area contributed by atoms with E-state index in [2.05, 4.69) is 0 Å². The van der Waals surface area contributed by atoms with Crippen LogP contribution in [0.2, 0.25) is 0 Å². The highest BCUT2D eigenvalue weighted by molar-refractivity contribution is 5.86. The van der Waals surface area contributed by atoms with Gasteiger partial charge in [-0.05, 0) is 26.0 Å². The van der Waals surface area contributed by atoms with E-state index in [0.29, 0.717) is 24.5 Å². The molecule has 0 spiro atoms. The van der Waals surface area contributed by atoms with E-state index >= 15 is 0 Å².